The molecule has 104 valence electrons. The highest BCUT2D eigenvalue weighted by molar-refractivity contribution is 5.77. The van der Waals surface area contributed by atoms with Gasteiger partial charge in [-0.05, 0) is 37.8 Å². The average Bonchev–Trinajstić information content (AvgIpc) is 2.76. The monoisotopic (exact) mass is 261 g/mol. The van der Waals surface area contributed by atoms with Crippen molar-refractivity contribution in [1.29, 1.82) is 0 Å². The van der Waals surface area contributed by atoms with Crippen LogP contribution in [0, 0.1) is 0 Å². The Morgan fingerprint density at radius 2 is 1.89 bits per heavy atom. The minimum absolute atomic E-state index is 0.164. The molecule has 0 atom stereocenters. The molecule has 0 saturated carbocycles. The van der Waals surface area contributed by atoms with E-state index in [0.717, 1.165) is 12.8 Å². The van der Waals surface area contributed by atoms with Crippen LogP contribution in [0.25, 0.3) is 0 Å². The molecule has 19 heavy (non-hydrogen) atoms. The lowest BCUT2D eigenvalue weighted by Gasteiger charge is -2.29. The third kappa shape index (κ3) is 3.35. The normalized spacial score (nSPS) is 17.7. The van der Waals surface area contributed by atoms with E-state index in [2.05, 4.69) is 31.2 Å². The largest absolute Gasteiger partial charge is 0.359 e. The number of hydrogen-bond acceptors (Lipinski definition) is 2. The molecule has 1 aromatic carbocycles. The predicted molar refractivity (Wildman–Crippen MR) is 75.9 cm³/mol. The maximum Gasteiger partial charge on any atom is 0.225 e. The van der Waals surface area contributed by atoms with Gasteiger partial charge in [0.05, 0.1) is 12.1 Å². The molecule has 0 spiro atoms. The van der Waals surface area contributed by atoms with Gasteiger partial charge in [0, 0.05) is 6.42 Å². The Labute approximate surface area is 115 Å². The molecule has 2 rings (SSSR count). The van der Waals surface area contributed by atoms with Gasteiger partial charge in [0.2, 0.25) is 5.91 Å². The molecular formula is C16H23NO2. The quantitative estimate of drug-likeness (QED) is 0.834. The van der Waals surface area contributed by atoms with Crippen molar-refractivity contribution in [3.63, 3.8) is 0 Å². The molecule has 1 aliphatic heterocycles. The first-order chi connectivity index (χ1) is 9.03. The van der Waals surface area contributed by atoms with E-state index in [-0.39, 0.29) is 11.4 Å². The van der Waals surface area contributed by atoms with Crippen molar-refractivity contribution in [2.24, 2.45) is 0 Å². The van der Waals surface area contributed by atoms with E-state index < -0.39 is 0 Å². The second-order valence-electron chi connectivity index (χ2n) is 5.78. The molecule has 1 fully saturated rings. The van der Waals surface area contributed by atoms with Gasteiger partial charge in [0.15, 0.2) is 0 Å². The number of amides is 1. The molecular weight excluding hydrogens is 238 g/mol. The first kappa shape index (κ1) is 14.1. The first-order valence-corrected chi connectivity index (χ1v) is 6.99. The summed E-state index contributed by atoms with van der Waals surface area (Å²) in [6, 6.07) is 8.53. The molecule has 1 aromatic rings. The van der Waals surface area contributed by atoms with Crippen LogP contribution in [0.15, 0.2) is 24.3 Å². The molecule has 1 saturated heterocycles. The van der Waals surface area contributed by atoms with Gasteiger partial charge in [0.25, 0.3) is 0 Å². The maximum absolute atomic E-state index is 12.2. The molecule has 0 unspecified atom stereocenters. The molecule has 0 aliphatic carbocycles. The Morgan fingerprint density at radius 3 is 2.42 bits per heavy atom. The van der Waals surface area contributed by atoms with Gasteiger partial charge >= 0.3 is 0 Å². The minimum Gasteiger partial charge on any atom is -0.359 e. The van der Waals surface area contributed by atoms with Gasteiger partial charge in [0.1, 0.15) is 6.73 Å². The summed E-state index contributed by atoms with van der Waals surface area (Å²) in [5.74, 6) is 0.182. The van der Waals surface area contributed by atoms with Crippen LogP contribution >= 0.6 is 0 Å². The summed E-state index contributed by atoms with van der Waals surface area (Å²) in [4.78, 5) is 14.0. The van der Waals surface area contributed by atoms with Crippen LogP contribution in [0.2, 0.25) is 0 Å². The van der Waals surface area contributed by atoms with Crippen molar-refractivity contribution < 1.29 is 9.53 Å². The van der Waals surface area contributed by atoms with E-state index >= 15 is 0 Å². The summed E-state index contributed by atoms with van der Waals surface area (Å²) >= 11 is 0. The molecule has 1 heterocycles. The van der Waals surface area contributed by atoms with Gasteiger partial charge in [-0.2, -0.15) is 0 Å². The fraction of sp³-hybridized carbons (Fsp3) is 0.562. The number of hydrogen-bond donors (Lipinski definition) is 0. The first-order valence-electron chi connectivity index (χ1n) is 6.99. The predicted octanol–water partition coefficient (Wildman–Crippen LogP) is 2.78. The molecule has 0 N–H and O–H groups in total. The second-order valence-corrected chi connectivity index (χ2v) is 5.78. The van der Waals surface area contributed by atoms with Crippen LogP contribution in [0.3, 0.4) is 0 Å². The Kier molecular flexibility index (Phi) is 4.25. The van der Waals surface area contributed by atoms with Crippen LogP contribution < -0.4 is 0 Å². The highest BCUT2D eigenvalue weighted by atomic mass is 16.5. The SMILES string of the molecule is CCc1ccc(CCC(=O)N2COCC2(C)C)cc1. The summed E-state index contributed by atoms with van der Waals surface area (Å²) in [6.07, 6.45) is 2.41. The van der Waals surface area contributed by atoms with E-state index in [9.17, 15) is 4.79 Å². The van der Waals surface area contributed by atoms with Crippen LogP contribution in [0.4, 0.5) is 0 Å². The number of rotatable bonds is 4. The molecule has 3 heteroatoms. The molecule has 3 nitrogen and oxygen atoms in total. The lowest BCUT2D eigenvalue weighted by molar-refractivity contribution is -0.135. The summed E-state index contributed by atoms with van der Waals surface area (Å²) in [5, 5.41) is 0. The van der Waals surface area contributed by atoms with Crippen LogP contribution in [-0.4, -0.2) is 29.7 Å². The fourth-order valence-electron chi connectivity index (χ4n) is 2.38. The Bertz CT molecular complexity index is 437. The van der Waals surface area contributed by atoms with Crippen molar-refractivity contribution in [1.82, 2.24) is 4.90 Å². The van der Waals surface area contributed by atoms with Crippen LogP contribution in [-0.2, 0) is 22.4 Å². The summed E-state index contributed by atoms with van der Waals surface area (Å²) in [5.41, 5.74) is 2.40. The Morgan fingerprint density at radius 1 is 1.26 bits per heavy atom. The lowest BCUT2D eigenvalue weighted by atomic mass is 10.0. The topological polar surface area (TPSA) is 29.5 Å². The second kappa shape index (κ2) is 5.74. The van der Waals surface area contributed by atoms with Gasteiger partial charge in [-0.15, -0.1) is 0 Å². The van der Waals surface area contributed by atoms with Crippen LogP contribution in [0.5, 0.6) is 0 Å². The van der Waals surface area contributed by atoms with E-state index in [1.54, 1.807) is 0 Å². The third-order valence-corrected chi connectivity index (χ3v) is 3.77. The zero-order chi connectivity index (χ0) is 13.9. The summed E-state index contributed by atoms with van der Waals surface area (Å²) < 4.78 is 5.38. The van der Waals surface area contributed by atoms with Crippen molar-refractivity contribution >= 4 is 5.91 Å². The third-order valence-electron chi connectivity index (χ3n) is 3.77. The van der Waals surface area contributed by atoms with E-state index in [1.165, 1.54) is 11.1 Å². The maximum atomic E-state index is 12.2. The average molecular weight is 261 g/mol. The van der Waals surface area contributed by atoms with E-state index in [4.69, 9.17) is 4.74 Å². The van der Waals surface area contributed by atoms with Crippen molar-refractivity contribution in [3.05, 3.63) is 35.4 Å². The highest BCUT2D eigenvalue weighted by Gasteiger charge is 2.35. The lowest BCUT2D eigenvalue weighted by Crippen LogP contribution is -2.44. The number of carbonyl (C=O) groups excluding carboxylic acids is 1. The number of benzene rings is 1. The van der Waals surface area contributed by atoms with Gasteiger partial charge < -0.3 is 9.64 Å². The highest BCUT2D eigenvalue weighted by Crippen LogP contribution is 2.22. The molecule has 0 radical (unpaired) electrons. The van der Waals surface area contributed by atoms with Gasteiger partial charge in [-0.25, -0.2) is 0 Å². The Balaban J connectivity index is 1.89. The van der Waals surface area contributed by atoms with Crippen molar-refractivity contribution in [2.45, 2.75) is 45.6 Å². The number of aryl methyl sites for hydroxylation is 2. The zero-order valence-corrected chi connectivity index (χ0v) is 12.1. The van der Waals surface area contributed by atoms with Crippen molar-refractivity contribution in [2.75, 3.05) is 13.3 Å². The summed E-state index contributed by atoms with van der Waals surface area (Å²) in [6.45, 7) is 7.31. The minimum atomic E-state index is -0.164. The zero-order valence-electron chi connectivity index (χ0n) is 12.1. The van der Waals surface area contributed by atoms with Crippen molar-refractivity contribution in [3.8, 4) is 0 Å². The smallest absolute Gasteiger partial charge is 0.225 e. The fourth-order valence-corrected chi connectivity index (χ4v) is 2.38. The van der Waals surface area contributed by atoms with E-state index in [1.807, 2.05) is 18.7 Å². The molecule has 1 amide bonds. The van der Waals surface area contributed by atoms with Gasteiger partial charge in [-0.3, -0.25) is 4.79 Å². The molecule has 0 bridgehead atoms. The number of carbonyl (C=O) groups is 1. The van der Waals surface area contributed by atoms with E-state index in [0.29, 0.717) is 19.8 Å². The number of nitrogens with zero attached hydrogens (tertiary/aromatic N) is 1. The number of ether oxygens (including phenoxy) is 1. The summed E-state index contributed by atoms with van der Waals surface area (Å²) in [7, 11) is 0. The van der Waals surface area contributed by atoms with Crippen LogP contribution in [0.1, 0.15) is 38.3 Å². The standard InChI is InChI=1S/C16H23NO2/c1-4-13-5-7-14(8-6-13)9-10-15(18)17-12-19-11-16(17,2)3/h5-8H,4,9-12H2,1-3H3. The molecule has 1 aliphatic rings. The molecule has 0 aromatic heterocycles. The Hall–Kier alpha value is -1.35. The van der Waals surface area contributed by atoms with Gasteiger partial charge in [-0.1, -0.05) is 31.2 Å².